The zero-order chi connectivity index (χ0) is 7.90. The van der Waals surface area contributed by atoms with Crippen molar-refractivity contribution in [3.63, 3.8) is 0 Å². The van der Waals surface area contributed by atoms with Crippen LogP contribution in [0.2, 0.25) is 0 Å². The van der Waals surface area contributed by atoms with E-state index in [1.165, 1.54) is 0 Å². The van der Waals surface area contributed by atoms with Gasteiger partial charge in [-0.1, -0.05) is 0 Å². The zero-order valence-electron chi connectivity index (χ0n) is 6.68. The van der Waals surface area contributed by atoms with Gasteiger partial charge < -0.3 is 5.11 Å². The number of carbonyl (C=O) groups is 1. The molecule has 0 aromatic rings. The molecule has 0 aliphatic heterocycles. The molecular formula is C9H14O2. The molecule has 0 saturated heterocycles. The molecule has 0 amide bonds. The molecule has 62 valence electrons. The zero-order valence-corrected chi connectivity index (χ0v) is 6.68. The molecule has 2 aliphatic carbocycles. The Balaban J connectivity index is 2.24. The fourth-order valence-corrected chi connectivity index (χ4v) is 2.54. The Labute approximate surface area is 66.6 Å². The van der Waals surface area contributed by atoms with Crippen LogP contribution in [0.15, 0.2) is 0 Å². The minimum Gasteiger partial charge on any atom is -0.382 e. The lowest BCUT2D eigenvalue weighted by molar-refractivity contribution is -0.144. The summed E-state index contributed by atoms with van der Waals surface area (Å²) in [7, 11) is 0. The van der Waals surface area contributed by atoms with Gasteiger partial charge in [0.05, 0.1) is 0 Å². The van der Waals surface area contributed by atoms with Crippen LogP contribution in [0, 0.1) is 5.92 Å². The quantitative estimate of drug-likeness (QED) is 0.570. The second kappa shape index (κ2) is 2.31. The summed E-state index contributed by atoms with van der Waals surface area (Å²) in [4.78, 5) is 11.3. The molecule has 0 spiro atoms. The lowest BCUT2D eigenvalue weighted by Gasteiger charge is -2.32. The van der Waals surface area contributed by atoms with Gasteiger partial charge in [0.15, 0.2) is 5.78 Å². The van der Waals surface area contributed by atoms with Gasteiger partial charge in [0, 0.05) is 6.42 Å². The highest BCUT2D eigenvalue weighted by Gasteiger charge is 2.48. The van der Waals surface area contributed by atoms with Gasteiger partial charge in [-0.3, -0.25) is 4.79 Å². The average Bonchev–Trinajstić information content (AvgIpc) is 2.34. The third kappa shape index (κ3) is 0.924. The number of ketones is 1. The van der Waals surface area contributed by atoms with Gasteiger partial charge in [-0.15, -0.1) is 0 Å². The van der Waals surface area contributed by atoms with Crippen LogP contribution in [0.1, 0.15) is 38.5 Å². The SMILES string of the molecule is O=C1CCCC2CCCC12O. The van der Waals surface area contributed by atoms with Gasteiger partial charge in [-0.05, 0) is 38.0 Å². The molecule has 11 heavy (non-hydrogen) atoms. The van der Waals surface area contributed by atoms with Gasteiger partial charge in [0.1, 0.15) is 5.60 Å². The smallest absolute Gasteiger partial charge is 0.164 e. The first-order valence-electron chi connectivity index (χ1n) is 4.49. The molecule has 0 aromatic heterocycles. The van der Waals surface area contributed by atoms with Crippen molar-refractivity contribution in [3.05, 3.63) is 0 Å². The Kier molecular flexibility index (Phi) is 1.53. The van der Waals surface area contributed by atoms with Crippen molar-refractivity contribution in [2.45, 2.75) is 44.1 Å². The summed E-state index contributed by atoms with van der Waals surface area (Å²) in [6.45, 7) is 0. The minimum absolute atomic E-state index is 0.103. The highest BCUT2D eigenvalue weighted by molar-refractivity contribution is 5.88. The predicted octanol–water partition coefficient (Wildman–Crippen LogP) is 1.27. The van der Waals surface area contributed by atoms with Gasteiger partial charge in [-0.25, -0.2) is 0 Å². The van der Waals surface area contributed by atoms with Gasteiger partial charge >= 0.3 is 0 Å². The number of Topliss-reactive ketones (excluding diaryl/α,β-unsaturated/α-hetero) is 1. The van der Waals surface area contributed by atoms with Crippen molar-refractivity contribution in [1.29, 1.82) is 0 Å². The van der Waals surface area contributed by atoms with E-state index in [-0.39, 0.29) is 5.78 Å². The van der Waals surface area contributed by atoms with Crippen LogP contribution < -0.4 is 0 Å². The van der Waals surface area contributed by atoms with Crippen LogP contribution in [0.25, 0.3) is 0 Å². The van der Waals surface area contributed by atoms with E-state index >= 15 is 0 Å². The largest absolute Gasteiger partial charge is 0.382 e. The van der Waals surface area contributed by atoms with E-state index in [4.69, 9.17) is 0 Å². The number of rotatable bonds is 0. The molecule has 2 fully saturated rings. The van der Waals surface area contributed by atoms with E-state index in [9.17, 15) is 9.90 Å². The first-order valence-corrected chi connectivity index (χ1v) is 4.49. The van der Waals surface area contributed by atoms with E-state index in [1.54, 1.807) is 0 Å². The van der Waals surface area contributed by atoms with E-state index in [1.807, 2.05) is 0 Å². The molecule has 2 saturated carbocycles. The summed E-state index contributed by atoms with van der Waals surface area (Å²) in [6, 6.07) is 0. The Hall–Kier alpha value is -0.370. The third-order valence-electron chi connectivity index (χ3n) is 3.23. The standard InChI is InChI=1S/C9H14O2/c10-8-5-1-3-7-4-2-6-9(7,8)11/h7,11H,1-6H2. The van der Waals surface area contributed by atoms with Gasteiger partial charge in [0.25, 0.3) is 0 Å². The Morgan fingerprint density at radius 2 is 2.09 bits per heavy atom. The van der Waals surface area contributed by atoms with Crippen LogP contribution in [0.3, 0.4) is 0 Å². The van der Waals surface area contributed by atoms with E-state index in [2.05, 4.69) is 0 Å². The molecule has 2 aliphatic rings. The predicted molar refractivity (Wildman–Crippen MR) is 41.1 cm³/mol. The summed E-state index contributed by atoms with van der Waals surface area (Å²) in [6.07, 6.45) is 5.46. The second-order valence-corrected chi connectivity index (χ2v) is 3.83. The molecule has 0 radical (unpaired) electrons. The van der Waals surface area contributed by atoms with Crippen molar-refractivity contribution >= 4 is 5.78 Å². The van der Waals surface area contributed by atoms with Crippen LogP contribution in [0.5, 0.6) is 0 Å². The van der Waals surface area contributed by atoms with E-state index in [0.29, 0.717) is 12.3 Å². The highest BCUT2D eigenvalue weighted by atomic mass is 16.3. The maximum Gasteiger partial charge on any atom is 0.164 e. The van der Waals surface area contributed by atoms with Crippen LogP contribution in [-0.4, -0.2) is 16.5 Å². The molecule has 0 bridgehead atoms. The molecule has 2 heteroatoms. The summed E-state index contributed by atoms with van der Waals surface area (Å²) < 4.78 is 0. The van der Waals surface area contributed by atoms with Crippen molar-refractivity contribution < 1.29 is 9.90 Å². The lowest BCUT2D eigenvalue weighted by Crippen LogP contribution is -2.44. The number of aliphatic hydroxyl groups is 1. The number of carbonyl (C=O) groups excluding carboxylic acids is 1. The Morgan fingerprint density at radius 1 is 1.36 bits per heavy atom. The normalized spacial score (nSPS) is 44.1. The highest BCUT2D eigenvalue weighted by Crippen LogP contribution is 2.43. The monoisotopic (exact) mass is 154 g/mol. The van der Waals surface area contributed by atoms with E-state index < -0.39 is 5.60 Å². The first-order chi connectivity index (χ1) is 5.23. The molecule has 2 unspecified atom stereocenters. The number of fused-ring (bicyclic) bond motifs is 1. The van der Waals surface area contributed by atoms with Crippen LogP contribution in [0.4, 0.5) is 0 Å². The molecule has 2 atom stereocenters. The topological polar surface area (TPSA) is 37.3 Å². The Morgan fingerprint density at radius 3 is 2.82 bits per heavy atom. The summed E-state index contributed by atoms with van der Waals surface area (Å²) >= 11 is 0. The summed E-state index contributed by atoms with van der Waals surface area (Å²) in [5.74, 6) is 0.398. The van der Waals surface area contributed by atoms with E-state index in [0.717, 1.165) is 32.1 Å². The minimum atomic E-state index is -0.891. The summed E-state index contributed by atoms with van der Waals surface area (Å²) in [5.41, 5.74) is -0.891. The maximum absolute atomic E-state index is 11.3. The molecule has 0 aromatic carbocycles. The summed E-state index contributed by atoms with van der Waals surface area (Å²) in [5, 5.41) is 9.93. The maximum atomic E-state index is 11.3. The third-order valence-corrected chi connectivity index (χ3v) is 3.23. The van der Waals surface area contributed by atoms with Crippen molar-refractivity contribution in [2.75, 3.05) is 0 Å². The van der Waals surface area contributed by atoms with Crippen LogP contribution >= 0.6 is 0 Å². The molecular weight excluding hydrogens is 140 g/mol. The number of hydrogen-bond donors (Lipinski definition) is 1. The Bertz CT molecular complexity index is 188. The number of hydrogen-bond acceptors (Lipinski definition) is 2. The molecule has 0 heterocycles. The average molecular weight is 154 g/mol. The first kappa shape index (κ1) is 7.29. The van der Waals surface area contributed by atoms with Crippen molar-refractivity contribution in [1.82, 2.24) is 0 Å². The van der Waals surface area contributed by atoms with Crippen LogP contribution in [-0.2, 0) is 4.79 Å². The van der Waals surface area contributed by atoms with Gasteiger partial charge in [-0.2, -0.15) is 0 Å². The fraction of sp³-hybridized carbons (Fsp3) is 0.889. The van der Waals surface area contributed by atoms with Crippen molar-refractivity contribution in [2.24, 2.45) is 5.92 Å². The van der Waals surface area contributed by atoms with Gasteiger partial charge in [0.2, 0.25) is 0 Å². The lowest BCUT2D eigenvalue weighted by atomic mass is 9.77. The molecule has 2 nitrogen and oxygen atoms in total. The molecule has 2 rings (SSSR count). The molecule has 1 N–H and O–H groups in total. The van der Waals surface area contributed by atoms with Crippen molar-refractivity contribution in [3.8, 4) is 0 Å². The fourth-order valence-electron chi connectivity index (χ4n) is 2.54. The second-order valence-electron chi connectivity index (χ2n) is 3.83.